The molecule has 0 saturated heterocycles. The van der Waals surface area contributed by atoms with Gasteiger partial charge in [-0.1, -0.05) is 0 Å². The first-order valence-electron chi connectivity index (χ1n) is 6.05. The van der Waals surface area contributed by atoms with Gasteiger partial charge in [-0.2, -0.15) is 0 Å². The molecule has 1 amide bonds. The van der Waals surface area contributed by atoms with Crippen molar-refractivity contribution in [2.45, 2.75) is 0 Å². The molecule has 1 aromatic carbocycles. The minimum atomic E-state index is -0.307. The van der Waals surface area contributed by atoms with Crippen LogP contribution in [0.15, 0.2) is 24.3 Å². The first-order valence-corrected chi connectivity index (χ1v) is 6.05. The van der Waals surface area contributed by atoms with Crippen LogP contribution in [-0.2, 0) is 7.05 Å². The summed E-state index contributed by atoms with van der Waals surface area (Å²) in [6, 6.07) is 7.08. The van der Waals surface area contributed by atoms with Crippen LogP contribution in [0, 0.1) is 0 Å². The number of benzene rings is 1. The van der Waals surface area contributed by atoms with E-state index in [2.05, 4.69) is 15.5 Å². The number of carbonyl (C=O) groups is 1. The molecule has 0 atom stereocenters. The minimum Gasteiger partial charge on any atom is -0.497 e. The van der Waals surface area contributed by atoms with Gasteiger partial charge in [0.15, 0.2) is 0 Å². The van der Waals surface area contributed by atoms with Crippen molar-refractivity contribution < 1.29 is 9.53 Å². The van der Waals surface area contributed by atoms with E-state index in [-0.39, 0.29) is 11.7 Å². The Labute approximate surface area is 117 Å². The molecule has 106 valence electrons. The van der Waals surface area contributed by atoms with Gasteiger partial charge in [0.25, 0.3) is 5.91 Å². The quantitative estimate of drug-likeness (QED) is 0.906. The van der Waals surface area contributed by atoms with Crippen molar-refractivity contribution in [1.29, 1.82) is 0 Å². The van der Waals surface area contributed by atoms with Gasteiger partial charge in [-0.25, -0.2) is 0 Å². The van der Waals surface area contributed by atoms with Crippen LogP contribution in [0.5, 0.6) is 5.75 Å². The summed E-state index contributed by atoms with van der Waals surface area (Å²) in [5.41, 5.74) is 0.671. The van der Waals surface area contributed by atoms with E-state index in [9.17, 15) is 4.79 Å². The monoisotopic (exact) mass is 275 g/mol. The number of methoxy groups -OCH3 is 1. The molecule has 0 aliphatic carbocycles. The van der Waals surface area contributed by atoms with Crippen molar-refractivity contribution in [2.24, 2.45) is 7.05 Å². The second-order valence-corrected chi connectivity index (χ2v) is 4.46. The lowest BCUT2D eigenvalue weighted by Gasteiger charge is -2.11. The average molecular weight is 275 g/mol. The topological polar surface area (TPSA) is 72.3 Å². The molecular formula is C13H17N5O2. The summed E-state index contributed by atoms with van der Waals surface area (Å²) >= 11 is 0. The lowest BCUT2D eigenvalue weighted by atomic mass is 10.3. The van der Waals surface area contributed by atoms with Crippen LogP contribution in [0.25, 0.3) is 0 Å². The van der Waals surface area contributed by atoms with Crippen LogP contribution >= 0.6 is 0 Å². The summed E-state index contributed by atoms with van der Waals surface area (Å²) < 4.78 is 6.70. The van der Waals surface area contributed by atoms with Crippen molar-refractivity contribution in [2.75, 3.05) is 31.4 Å². The standard InChI is InChI=1S/C13H17N5O2/c1-17(2)13-16-15-11(18(13)3)12(19)14-9-5-7-10(20-4)8-6-9/h5-8H,1-4H3,(H,14,19). The predicted octanol–water partition coefficient (Wildman–Crippen LogP) is 1.14. The lowest BCUT2D eigenvalue weighted by Crippen LogP contribution is -2.19. The van der Waals surface area contributed by atoms with Crippen LogP contribution < -0.4 is 15.0 Å². The van der Waals surface area contributed by atoms with Gasteiger partial charge in [-0.15, -0.1) is 10.2 Å². The maximum absolute atomic E-state index is 12.1. The Hall–Kier alpha value is -2.57. The highest BCUT2D eigenvalue weighted by atomic mass is 16.5. The van der Waals surface area contributed by atoms with E-state index in [4.69, 9.17) is 4.74 Å². The predicted molar refractivity (Wildman–Crippen MR) is 76.3 cm³/mol. The third-order valence-corrected chi connectivity index (χ3v) is 2.80. The number of nitrogens with one attached hydrogen (secondary N) is 1. The normalized spacial score (nSPS) is 10.2. The van der Waals surface area contributed by atoms with E-state index in [0.29, 0.717) is 11.6 Å². The molecule has 0 saturated carbocycles. The molecule has 0 aliphatic heterocycles. The summed E-state index contributed by atoms with van der Waals surface area (Å²) in [6.07, 6.45) is 0. The molecule has 2 rings (SSSR count). The van der Waals surface area contributed by atoms with Crippen molar-refractivity contribution in [3.05, 3.63) is 30.1 Å². The van der Waals surface area contributed by atoms with E-state index in [1.807, 2.05) is 14.1 Å². The molecule has 0 bridgehead atoms. The molecular weight excluding hydrogens is 258 g/mol. The number of rotatable bonds is 4. The van der Waals surface area contributed by atoms with E-state index in [1.165, 1.54) is 0 Å². The number of ether oxygens (including phenoxy) is 1. The number of anilines is 2. The number of hydrogen-bond donors (Lipinski definition) is 1. The SMILES string of the molecule is COc1ccc(NC(=O)c2nnc(N(C)C)n2C)cc1. The fourth-order valence-corrected chi connectivity index (χ4v) is 1.77. The number of carbonyl (C=O) groups excluding carboxylic acids is 1. The zero-order valence-corrected chi connectivity index (χ0v) is 11.9. The summed E-state index contributed by atoms with van der Waals surface area (Å²) in [7, 11) is 7.03. The second kappa shape index (κ2) is 5.60. The minimum absolute atomic E-state index is 0.254. The first kappa shape index (κ1) is 13.9. The summed E-state index contributed by atoms with van der Waals surface area (Å²) in [6.45, 7) is 0. The van der Waals surface area contributed by atoms with Gasteiger partial charge in [0.1, 0.15) is 5.75 Å². The maximum Gasteiger partial charge on any atom is 0.293 e. The summed E-state index contributed by atoms with van der Waals surface area (Å²) in [5.74, 6) is 1.30. The molecule has 2 aromatic rings. The van der Waals surface area contributed by atoms with Crippen molar-refractivity contribution in [3.8, 4) is 5.75 Å². The van der Waals surface area contributed by atoms with E-state index >= 15 is 0 Å². The van der Waals surface area contributed by atoms with Gasteiger partial charge in [-0.05, 0) is 24.3 Å². The van der Waals surface area contributed by atoms with E-state index in [0.717, 1.165) is 5.75 Å². The lowest BCUT2D eigenvalue weighted by molar-refractivity contribution is 0.101. The van der Waals surface area contributed by atoms with Gasteiger partial charge >= 0.3 is 0 Å². The molecule has 0 fully saturated rings. The van der Waals surface area contributed by atoms with Crippen LogP contribution in [0.4, 0.5) is 11.6 Å². The highest BCUT2D eigenvalue weighted by Crippen LogP contribution is 2.16. The molecule has 0 unspecified atom stereocenters. The largest absolute Gasteiger partial charge is 0.497 e. The molecule has 20 heavy (non-hydrogen) atoms. The maximum atomic E-state index is 12.1. The Morgan fingerprint density at radius 3 is 2.40 bits per heavy atom. The Kier molecular flexibility index (Phi) is 3.88. The van der Waals surface area contributed by atoms with E-state index in [1.54, 1.807) is 47.9 Å². The number of aromatic nitrogens is 3. The smallest absolute Gasteiger partial charge is 0.293 e. The molecule has 1 heterocycles. The molecule has 1 N–H and O–H groups in total. The Morgan fingerprint density at radius 1 is 1.25 bits per heavy atom. The van der Waals surface area contributed by atoms with Crippen LogP contribution in [-0.4, -0.2) is 41.9 Å². The van der Waals surface area contributed by atoms with Crippen LogP contribution in [0.3, 0.4) is 0 Å². The summed E-state index contributed by atoms with van der Waals surface area (Å²) in [5, 5.41) is 10.6. The van der Waals surface area contributed by atoms with E-state index < -0.39 is 0 Å². The van der Waals surface area contributed by atoms with Gasteiger partial charge in [0.2, 0.25) is 11.8 Å². The van der Waals surface area contributed by atoms with Gasteiger partial charge in [0.05, 0.1) is 7.11 Å². The van der Waals surface area contributed by atoms with Crippen LogP contribution in [0.1, 0.15) is 10.6 Å². The average Bonchev–Trinajstić information content (AvgIpc) is 2.81. The molecule has 1 aromatic heterocycles. The first-order chi connectivity index (χ1) is 9.52. The fourth-order valence-electron chi connectivity index (χ4n) is 1.77. The molecule has 0 aliphatic rings. The molecule has 7 heteroatoms. The second-order valence-electron chi connectivity index (χ2n) is 4.46. The number of amides is 1. The van der Waals surface area contributed by atoms with Crippen molar-refractivity contribution >= 4 is 17.5 Å². The Bertz CT molecular complexity index is 604. The highest BCUT2D eigenvalue weighted by molar-refractivity contribution is 6.01. The van der Waals surface area contributed by atoms with Gasteiger partial charge in [0, 0.05) is 26.8 Å². The van der Waals surface area contributed by atoms with Gasteiger partial charge in [-0.3, -0.25) is 9.36 Å². The zero-order valence-electron chi connectivity index (χ0n) is 11.9. The molecule has 7 nitrogen and oxygen atoms in total. The molecule has 0 radical (unpaired) electrons. The fraction of sp³-hybridized carbons (Fsp3) is 0.308. The third-order valence-electron chi connectivity index (χ3n) is 2.80. The highest BCUT2D eigenvalue weighted by Gasteiger charge is 2.17. The Balaban J connectivity index is 2.15. The van der Waals surface area contributed by atoms with Crippen molar-refractivity contribution in [3.63, 3.8) is 0 Å². The van der Waals surface area contributed by atoms with Crippen LogP contribution in [0.2, 0.25) is 0 Å². The van der Waals surface area contributed by atoms with Gasteiger partial charge < -0.3 is 15.0 Å². The Morgan fingerprint density at radius 2 is 1.90 bits per heavy atom. The number of nitrogens with zero attached hydrogens (tertiary/aromatic N) is 4. The summed E-state index contributed by atoms with van der Waals surface area (Å²) in [4.78, 5) is 13.9. The number of hydrogen-bond acceptors (Lipinski definition) is 5. The third kappa shape index (κ3) is 2.71. The molecule has 0 spiro atoms. The zero-order chi connectivity index (χ0) is 14.7. The van der Waals surface area contributed by atoms with Crippen molar-refractivity contribution in [1.82, 2.24) is 14.8 Å².